The second-order valence-corrected chi connectivity index (χ2v) is 12.4. The number of aliphatic hydroxyl groups excluding tert-OH is 1. The Morgan fingerprint density at radius 1 is 1.27 bits per heavy atom. The van der Waals surface area contributed by atoms with Gasteiger partial charge in [-0.05, 0) is 51.0 Å². The molecule has 0 unspecified atom stereocenters. The topological polar surface area (TPSA) is 83.0 Å². The highest BCUT2D eigenvalue weighted by molar-refractivity contribution is 9.10. The Morgan fingerprint density at radius 3 is 2.64 bits per heavy atom. The van der Waals surface area contributed by atoms with Crippen LogP contribution in [0.5, 0.6) is 0 Å². The predicted octanol–water partition coefficient (Wildman–Crippen LogP) is 3.68. The van der Waals surface area contributed by atoms with Gasteiger partial charge in [0.15, 0.2) is 0 Å². The molecule has 1 aromatic carbocycles. The van der Waals surface area contributed by atoms with Crippen LogP contribution >= 0.6 is 15.9 Å². The number of hydrogen-bond donors (Lipinski definition) is 1. The molecule has 2 aliphatic rings. The van der Waals surface area contributed by atoms with Crippen molar-refractivity contribution in [3.63, 3.8) is 0 Å². The number of rotatable bonds is 5. The van der Waals surface area contributed by atoms with Crippen molar-refractivity contribution < 1.29 is 18.8 Å². The van der Waals surface area contributed by atoms with E-state index in [9.17, 15) is 14.1 Å². The highest BCUT2D eigenvalue weighted by Crippen LogP contribution is 2.44. The minimum atomic E-state index is -1.29. The summed E-state index contributed by atoms with van der Waals surface area (Å²) in [6, 6.07) is 9.42. The molecule has 9 heteroatoms. The fourth-order valence-electron chi connectivity index (χ4n) is 4.36. The minimum absolute atomic E-state index is 0.0334. The molecule has 178 valence electrons. The van der Waals surface area contributed by atoms with E-state index in [1.165, 1.54) is 0 Å². The van der Waals surface area contributed by atoms with Gasteiger partial charge in [-0.2, -0.15) is 0 Å². The average Bonchev–Trinajstić information content (AvgIpc) is 3.15. The molecule has 0 radical (unpaired) electrons. The van der Waals surface area contributed by atoms with Gasteiger partial charge in [0.2, 0.25) is 0 Å². The quantitative estimate of drug-likeness (QED) is 0.631. The fraction of sp³-hybridized carbons (Fsp3) is 0.500. The Labute approximate surface area is 205 Å². The first-order valence-corrected chi connectivity index (χ1v) is 13.1. The van der Waals surface area contributed by atoms with E-state index in [0.717, 1.165) is 21.2 Å². The van der Waals surface area contributed by atoms with Crippen LogP contribution in [0.3, 0.4) is 0 Å². The number of ether oxygens (including phenoxy) is 1. The van der Waals surface area contributed by atoms with Crippen LogP contribution in [0.15, 0.2) is 34.8 Å². The maximum Gasteiger partial charge on any atom is 0.272 e. The minimum Gasteiger partial charge on any atom is -0.396 e. The first-order valence-electron chi connectivity index (χ1n) is 11.2. The maximum absolute atomic E-state index is 13.4. The molecule has 4 rings (SSSR count). The van der Waals surface area contributed by atoms with Gasteiger partial charge in [-0.3, -0.25) is 4.79 Å². The van der Waals surface area contributed by atoms with E-state index >= 15 is 0 Å². The molecular weight excluding hydrogens is 506 g/mol. The van der Waals surface area contributed by atoms with Crippen molar-refractivity contribution in [2.45, 2.75) is 44.5 Å². The number of amides is 1. The summed E-state index contributed by atoms with van der Waals surface area (Å²) in [4.78, 5) is 19.9. The molecule has 1 fully saturated rings. The Hall–Kier alpha value is -1.65. The van der Waals surface area contributed by atoms with Crippen molar-refractivity contribution >= 4 is 32.8 Å². The molecule has 1 saturated heterocycles. The number of nitrogens with zero attached hydrogens (tertiary/aromatic N) is 3. The van der Waals surface area contributed by atoms with Crippen LogP contribution in [0.4, 0.5) is 0 Å². The second-order valence-electron chi connectivity index (χ2n) is 9.31. The van der Waals surface area contributed by atoms with Crippen molar-refractivity contribution in [2.75, 3.05) is 32.9 Å². The maximum atomic E-state index is 13.4. The number of fused-ring (bicyclic) bond motifs is 1. The van der Waals surface area contributed by atoms with E-state index in [2.05, 4.69) is 15.9 Å². The lowest BCUT2D eigenvalue weighted by atomic mass is 9.96. The predicted molar refractivity (Wildman–Crippen MR) is 132 cm³/mol. The number of hydrogen-bond acceptors (Lipinski definition) is 5. The summed E-state index contributed by atoms with van der Waals surface area (Å²) in [5.41, 5.74) is 3.85. The van der Waals surface area contributed by atoms with Gasteiger partial charge >= 0.3 is 0 Å². The molecule has 7 nitrogen and oxygen atoms in total. The van der Waals surface area contributed by atoms with Crippen LogP contribution in [-0.4, -0.2) is 67.1 Å². The van der Waals surface area contributed by atoms with Crippen LogP contribution in [0.2, 0.25) is 0 Å². The number of aromatic nitrogens is 1. The van der Waals surface area contributed by atoms with Crippen molar-refractivity contribution in [3.8, 4) is 11.3 Å². The SMILES string of the molecule is CC(C)(C)[S@](=O)N1Cc2cc(C(=O)N3CCOCC3)nc(-c3cccc(Br)c3)c2[C@@H]1CCO. The first-order chi connectivity index (χ1) is 15.7. The van der Waals surface area contributed by atoms with Crippen molar-refractivity contribution in [1.29, 1.82) is 0 Å². The molecule has 3 heterocycles. The van der Waals surface area contributed by atoms with Gasteiger partial charge in [-0.25, -0.2) is 13.5 Å². The third kappa shape index (κ3) is 5.07. The van der Waals surface area contributed by atoms with E-state index in [1.54, 1.807) is 4.90 Å². The van der Waals surface area contributed by atoms with Crippen LogP contribution in [-0.2, 0) is 22.3 Å². The van der Waals surface area contributed by atoms with E-state index in [1.807, 2.05) is 55.4 Å². The first kappa shape index (κ1) is 24.5. The van der Waals surface area contributed by atoms with Gasteiger partial charge in [0.25, 0.3) is 5.91 Å². The lowest BCUT2D eigenvalue weighted by molar-refractivity contribution is 0.0299. The van der Waals surface area contributed by atoms with Crippen molar-refractivity contribution in [1.82, 2.24) is 14.2 Å². The molecule has 0 aliphatic carbocycles. The molecule has 2 aromatic rings. The average molecular weight is 536 g/mol. The molecule has 1 N–H and O–H groups in total. The Kier molecular flexibility index (Phi) is 7.35. The number of pyridine rings is 1. The van der Waals surface area contributed by atoms with E-state index in [-0.39, 0.29) is 18.6 Å². The zero-order valence-corrected chi connectivity index (χ0v) is 21.6. The molecule has 1 amide bonds. The molecule has 0 bridgehead atoms. The largest absolute Gasteiger partial charge is 0.396 e. The van der Waals surface area contributed by atoms with Crippen LogP contribution in [0, 0.1) is 0 Å². The van der Waals surface area contributed by atoms with Gasteiger partial charge in [0, 0.05) is 41.8 Å². The summed E-state index contributed by atoms with van der Waals surface area (Å²) in [6.07, 6.45) is 0.439. The monoisotopic (exact) mass is 535 g/mol. The number of halogens is 1. The van der Waals surface area contributed by atoms with Crippen molar-refractivity contribution in [3.05, 3.63) is 51.6 Å². The molecule has 33 heavy (non-hydrogen) atoms. The number of benzene rings is 1. The zero-order valence-electron chi connectivity index (χ0n) is 19.2. The Balaban J connectivity index is 1.85. The molecule has 2 aliphatic heterocycles. The molecule has 2 atom stereocenters. The number of carbonyl (C=O) groups is 1. The van der Waals surface area contributed by atoms with Gasteiger partial charge < -0.3 is 14.7 Å². The molecule has 0 saturated carbocycles. The zero-order chi connectivity index (χ0) is 23.8. The summed E-state index contributed by atoms with van der Waals surface area (Å²) < 4.78 is 21.2. The lowest BCUT2D eigenvalue weighted by Crippen LogP contribution is -2.41. The van der Waals surface area contributed by atoms with E-state index < -0.39 is 15.7 Å². The van der Waals surface area contributed by atoms with Gasteiger partial charge in [-0.15, -0.1) is 0 Å². The van der Waals surface area contributed by atoms with Crippen LogP contribution < -0.4 is 0 Å². The normalized spacial score (nSPS) is 20.0. The summed E-state index contributed by atoms with van der Waals surface area (Å²) in [5.74, 6) is -0.119. The third-order valence-corrected chi connectivity index (χ3v) is 8.26. The number of morpholine rings is 1. The summed E-state index contributed by atoms with van der Waals surface area (Å²) in [7, 11) is -1.29. The summed E-state index contributed by atoms with van der Waals surface area (Å²) in [5, 5.41) is 9.85. The summed E-state index contributed by atoms with van der Waals surface area (Å²) in [6.45, 7) is 8.37. The molecule has 0 spiro atoms. The highest BCUT2D eigenvalue weighted by Gasteiger charge is 2.40. The van der Waals surface area contributed by atoms with Gasteiger partial charge in [-0.1, -0.05) is 28.1 Å². The highest BCUT2D eigenvalue weighted by atomic mass is 79.9. The van der Waals surface area contributed by atoms with E-state index in [0.29, 0.717) is 50.7 Å². The van der Waals surface area contributed by atoms with Gasteiger partial charge in [0.1, 0.15) is 16.7 Å². The molecule has 1 aromatic heterocycles. The van der Waals surface area contributed by atoms with Crippen LogP contribution in [0.1, 0.15) is 54.8 Å². The lowest BCUT2D eigenvalue weighted by Gasteiger charge is -2.30. The van der Waals surface area contributed by atoms with Crippen LogP contribution in [0.25, 0.3) is 11.3 Å². The third-order valence-electron chi connectivity index (χ3n) is 5.91. The Morgan fingerprint density at radius 2 is 2.00 bits per heavy atom. The fourth-order valence-corrected chi connectivity index (χ4v) is 6.16. The number of carbonyl (C=O) groups excluding carboxylic acids is 1. The summed E-state index contributed by atoms with van der Waals surface area (Å²) >= 11 is 3.54. The van der Waals surface area contributed by atoms with E-state index in [4.69, 9.17) is 9.72 Å². The second kappa shape index (κ2) is 9.92. The number of aliphatic hydroxyl groups is 1. The smallest absolute Gasteiger partial charge is 0.272 e. The standard InChI is InChI=1S/C24H30BrN3O4S/c1-24(2,3)33(31)28-15-17-14-19(23(30)27-8-11-32-12-9-27)26-22(21(17)20(28)7-10-29)16-5-4-6-18(25)13-16/h4-6,13-14,20,29H,7-12,15H2,1-3H3/t20-,33-/m0/s1. The van der Waals surface area contributed by atoms with Crippen molar-refractivity contribution in [2.24, 2.45) is 0 Å². The molecular formula is C24H30BrN3O4S. The Bertz CT molecular complexity index is 1070. The van der Waals surface area contributed by atoms with Gasteiger partial charge in [0.05, 0.1) is 29.7 Å².